The first-order valence-corrected chi connectivity index (χ1v) is 6.57. The van der Waals surface area contributed by atoms with E-state index in [1.807, 2.05) is 18.2 Å². The number of halogens is 1. The normalized spacial score (nSPS) is 12.9. The van der Waals surface area contributed by atoms with Crippen molar-refractivity contribution in [3.05, 3.63) is 81.1 Å². The molecule has 0 saturated heterocycles. The van der Waals surface area contributed by atoms with Crippen LogP contribution in [-0.4, -0.2) is 10.6 Å². The van der Waals surface area contributed by atoms with E-state index in [1.54, 1.807) is 24.5 Å². The third-order valence-electron chi connectivity index (χ3n) is 3.12. The number of rotatable bonds is 2. The van der Waals surface area contributed by atoms with Crippen molar-refractivity contribution in [2.24, 2.45) is 4.99 Å². The molecule has 0 bridgehead atoms. The van der Waals surface area contributed by atoms with Crippen molar-refractivity contribution in [2.45, 2.75) is 0 Å². The van der Waals surface area contributed by atoms with Gasteiger partial charge < -0.3 is 5.32 Å². The molecule has 0 atom stereocenters. The van der Waals surface area contributed by atoms with Gasteiger partial charge in [0.05, 0.1) is 10.6 Å². The van der Waals surface area contributed by atoms with E-state index in [4.69, 9.17) is 11.6 Å². The number of non-ortho nitro benzene ring substituents is 1. The Balaban J connectivity index is 2.22. The molecular formula is C15H10ClN3O2. The van der Waals surface area contributed by atoms with Crippen LogP contribution >= 0.6 is 11.6 Å². The Hall–Kier alpha value is -2.66. The summed E-state index contributed by atoms with van der Waals surface area (Å²) < 4.78 is 0. The topological polar surface area (TPSA) is 67.5 Å². The standard InChI is InChI=1S/C15H10ClN3O2/c16-13-4-2-1-3-11(13)15-12-9-10(19(20)21)5-6-14(12)17-7-8-18-15/h1-9,17H. The van der Waals surface area contributed by atoms with Gasteiger partial charge in [-0.25, -0.2) is 0 Å². The fourth-order valence-corrected chi connectivity index (χ4v) is 2.37. The van der Waals surface area contributed by atoms with E-state index in [-0.39, 0.29) is 5.69 Å². The van der Waals surface area contributed by atoms with E-state index in [0.29, 0.717) is 16.3 Å². The Morgan fingerprint density at radius 1 is 1.14 bits per heavy atom. The van der Waals surface area contributed by atoms with Crippen LogP contribution in [0.25, 0.3) is 0 Å². The Labute approximate surface area is 125 Å². The van der Waals surface area contributed by atoms with Gasteiger partial charge in [0.2, 0.25) is 0 Å². The minimum atomic E-state index is -0.428. The van der Waals surface area contributed by atoms with Gasteiger partial charge in [-0.2, -0.15) is 0 Å². The second-order valence-corrected chi connectivity index (χ2v) is 4.81. The van der Waals surface area contributed by atoms with Crippen LogP contribution in [0.15, 0.2) is 59.9 Å². The summed E-state index contributed by atoms with van der Waals surface area (Å²) in [6.45, 7) is 0. The molecule has 0 amide bonds. The van der Waals surface area contributed by atoms with Gasteiger partial charge in [0.25, 0.3) is 5.69 Å². The van der Waals surface area contributed by atoms with Crippen molar-refractivity contribution in [2.75, 3.05) is 5.32 Å². The molecule has 0 radical (unpaired) electrons. The van der Waals surface area contributed by atoms with Crippen LogP contribution in [-0.2, 0) is 0 Å². The SMILES string of the molecule is O=[N+]([O-])c1ccc2c(c1)C(c1ccccc1Cl)=NC=CN2. The van der Waals surface area contributed by atoms with Crippen molar-refractivity contribution >= 4 is 28.7 Å². The molecule has 1 aliphatic heterocycles. The molecule has 0 unspecified atom stereocenters. The highest BCUT2D eigenvalue weighted by Gasteiger charge is 2.18. The van der Waals surface area contributed by atoms with Crippen LogP contribution in [0.1, 0.15) is 11.1 Å². The number of hydrogen-bond acceptors (Lipinski definition) is 4. The molecule has 0 spiro atoms. The van der Waals surface area contributed by atoms with Crippen LogP contribution in [0.4, 0.5) is 11.4 Å². The molecule has 6 heteroatoms. The molecule has 2 aromatic carbocycles. The molecular weight excluding hydrogens is 290 g/mol. The van der Waals surface area contributed by atoms with E-state index in [2.05, 4.69) is 10.3 Å². The number of nitrogens with zero attached hydrogens (tertiary/aromatic N) is 2. The maximum atomic E-state index is 11.0. The molecule has 1 aliphatic rings. The van der Waals surface area contributed by atoms with Gasteiger partial charge in [-0.05, 0) is 12.1 Å². The Morgan fingerprint density at radius 2 is 1.95 bits per heavy atom. The van der Waals surface area contributed by atoms with Gasteiger partial charge in [-0.1, -0.05) is 29.8 Å². The number of benzene rings is 2. The molecule has 0 aliphatic carbocycles. The van der Waals surface area contributed by atoms with Crippen LogP contribution in [0.5, 0.6) is 0 Å². The third kappa shape index (κ3) is 2.51. The lowest BCUT2D eigenvalue weighted by atomic mass is 10.00. The predicted octanol–water partition coefficient (Wildman–Crippen LogP) is 3.98. The summed E-state index contributed by atoms with van der Waals surface area (Å²) in [6.07, 6.45) is 3.28. The largest absolute Gasteiger partial charge is 0.360 e. The Morgan fingerprint density at radius 3 is 2.71 bits per heavy atom. The van der Waals surface area contributed by atoms with Crippen LogP contribution in [0, 0.1) is 10.1 Å². The van der Waals surface area contributed by atoms with Gasteiger partial charge in [-0.3, -0.25) is 15.1 Å². The number of aliphatic imine (C=N–C) groups is 1. The summed E-state index contributed by atoms with van der Waals surface area (Å²) >= 11 is 6.22. The van der Waals surface area contributed by atoms with Crippen molar-refractivity contribution in [1.29, 1.82) is 0 Å². The molecule has 0 fully saturated rings. The molecule has 21 heavy (non-hydrogen) atoms. The maximum Gasteiger partial charge on any atom is 0.270 e. The lowest BCUT2D eigenvalue weighted by molar-refractivity contribution is -0.384. The zero-order valence-corrected chi connectivity index (χ0v) is 11.5. The molecule has 5 nitrogen and oxygen atoms in total. The highest BCUT2D eigenvalue weighted by molar-refractivity contribution is 6.36. The number of nitro groups is 1. The number of hydrogen-bond donors (Lipinski definition) is 1. The third-order valence-corrected chi connectivity index (χ3v) is 3.44. The Bertz CT molecular complexity index is 784. The summed E-state index contributed by atoms with van der Waals surface area (Å²) in [5, 5.41) is 14.6. The van der Waals surface area contributed by atoms with E-state index in [1.165, 1.54) is 12.1 Å². The number of anilines is 1. The fraction of sp³-hybridized carbons (Fsp3) is 0. The highest BCUT2D eigenvalue weighted by atomic mass is 35.5. The first kappa shape index (κ1) is 13.3. The molecule has 1 heterocycles. The monoisotopic (exact) mass is 299 g/mol. The molecule has 104 valence electrons. The zero-order valence-electron chi connectivity index (χ0n) is 10.8. The minimum Gasteiger partial charge on any atom is -0.360 e. The van der Waals surface area contributed by atoms with Crippen LogP contribution < -0.4 is 5.32 Å². The Kier molecular flexibility index (Phi) is 3.41. The average Bonchev–Trinajstić information content (AvgIpc) is 2.69. The molecule has 0 saturated carbocycles. The summed E-state index contributed by atoms with van der Waals surface area (Å²) in [5.41, 5.74) is 2.72. The average molecular weight is 300 g/mol. The second kappa shape index (κ2) is 5.38. The van der Waals surface area contributed by atoms with Gasteiger partial charge in [0.15, 0.2) is 0 Å². The number of nitro benzene ring substituents is 1. The van der Waals surface area contributed by atoms with Gasteiger partial charge in [-0.15, -0.1) is 0 Å². The maximum absolute atomic E-state index is 11.0. The lowest BCUT2D eigenvalue weighted by Gasteiger charge is -2.11. The summed E-state index contributed by atoms with van der Waals surface area (Å²) in [6, 6.07) is 11.9. The zero-order chi connectivity index (χ0) is 14.8. The van der Waals surface area contributed by atoms with Crippen LogP contribution in [0.2, 0.25) is 5.02 Å². The van der Waals surface area contributed by atoms with Crippen molar-refractivity contribution in [1.82, 2.24) is 0 Å². The quantitative estimate of drug-likeness (QED) is 0.673. The van der Waals surface area contributed by atoms with Crippen molar-refractivity contribution in [3.63, 3.8) is 0 Å². The molecule has 1 N–H and O–H groups in total. The first-order chi connectivity index (χ1) is 10.2. The summed E-state index contributed by atoms with van der Waals surface area (Å²) in [5.74, 6) is 0. The smallest absolute Gasteiger partial charge is 0.270 e. The molecule has 0 aromatic heterocycles. The number of nitrogens with one attached hydrogen (secondary N) is 1. The minimum absolute atomic E-state index is 0.0113. The van der Waals surface area contributed by atoms with Gasteiger partial charge in [0, 0.05) is 46.4 Å². The van der Waals surface area contributed by atoms with Crippen molar-refractivity contribution in [3.8, 4) is 0 Å². The van der Waals surface area contributed by atoms with Gasteiger partial charge in [0.1, 0.15) is 0 Å². The molecule has 2 aromatic rings. The fourth-order valence-electron chi connectivity index (χ4n) is 2.14. The second-order valence-electron chi connectivity index (χ2n) is 4.40. The predicted molar refractivity (Wildman–Crippen MR) is 83.0 cm³/mol. The summed E-state index contributed by atoms with van der Waals surface area (Å²) in [4.78, 5) is 14.9. The first-order valence-electron chi connectivity index (χ1n) is 6.20. The van der Waals surface area contributed by atoms with Crippen LogP contribution in [0.3, 0.4) is 0 Å². The number of fused-ring (bicyclic) bond motifs is 1. The molecule has 3 rings (SSSR count). The summed E-state index contributed by atoms with van der Waals surface area (Å²) in [7, 11) is 0. The van der Waals surface area contributed by atoms with Crippen molar-refractivity contribution < 1.29 is 4.92 Å². The lowest BCUT2D eigenvalue weighted by Crippen LogP contribution is -2.06. The highest BCUT2D eigenvalue weighted by Crippen LogP contribution is 2.29. The van der Waals surface area contributed by atoms with Gasteiger partial charge >= 0.3 is 0 Å². The van der Waals surface area contributed by atoms with E-state index in [0.717, 1.165) is 11.3 Å². The van der Waals surface area contributed by atoms with E-state index >= 15 is 0 Å². The van der Waals surface area contributed by atoms with E-state index in [9.17, 15) is 10.1 Å². The van der Waals surface area contributed by atoms with E-state index < -0.39 is 4.92 Å².